The Labute approximate surface area is 174 Å². The molecule has 0 radical (unpaired) electrons. The van der Waals surface area contributed by atoms with Gasteiger partial charge in [0.1, 0.15) is 5.75 Å². The maximum absolute atomic E-state index is 12.8. The molecule has 0 saturated heterocycles. The molecule has 5 nitrogen and oxygen atoms in total. The number of nitrogens with zero attached hydrogens (tertiary/aromatic N) is 2. The molecular weight excluding hydrogens is 374 g/mol. The first kappa shape index (κ1) is 18.1. The number of benzene rings is 3. The highest BCUT2D eigenvalue weighted by Gasteiger charge is 2.25. The standard InChI is InChI=1S/C25H19N3O2/c29-19-11-12-20-18(14-19)15-21-23(20)26-22(13-16-7-3-1-4-8-16)24(27-21)28-25(30)17-9-5-2-6-10-17/h1-12,14,29H,13,15H2,(H,27,28,30). The van der Waals surface area contributed by atoms with Gasteiger partial charge in [-0.3, -0.25) is 4.79 Å². The minimum absolute atomic E-state index is 0.215. The molecule has 0 saturated carbocycles. The van der Waals surface area contributed by atoms with E-state index in [4.69, 9.17) is 9.97 Å². The van der Waals surface area contributed by atoms with Gasteiger partial charge in [-0.1, -0.05) is 48.5 Å². The van der Waals surface area contributed by atoms with Crippen LogP contribution in [0.4, 0.5) is 5.82 Å². The molecule has 0 atom stereocenters. The van der Waals surface area contributed by atoms with Crippen LogP contribution in [0.25, 0.3) is 11.3 Å². The molecule has 1 amide bonds. The van der Waals surface area contributed by atoms with E-state index < -0.39 is 0 Å². The first-order valence-corrected chi connectivity index (χ1v) is 9.80. The van der Waals surface area contributed by atoms with E-state index in [1.807, 2.05) is 54.6 Å². The van der Waals surface area contributed by atoms with Gasteiger partial charge >= 0.3 is 0 Å². The van der Waals surface area contributed by atoms with E-state index in [2.05, 4.69) is 5.32 Å². The average Bonchev–Trinajstić information content (AvgIpc) is 3.11. The molecular formula is C25H19N3O2. The molecule has 5 heteroatoms. The zero-order chi connectivity index (χ0) is 20.5. The van der Waals surface area contributed by atoms with E-state index in [1.54, 1.807) is 24.3 Å². The summed E-state index contributed by atoms with van der Waals surface area (Å²) in [5.74, 6) is 0.486. The third-order valence-corrected chi connectivity index (χ3v) is 5.22. The number of hydrogen-bond donors (Lipinski definition) is 2. The van der Waals surface area contributed by atoms with Crippen LogP contribution in [-0.4, -0.2) is 21.0 Å². The smallest absolute Gasteiger partial charge is 0.256 e. The lowest BCUT2D eigenvalue weighted by molar-refractivity contribution is 0.102. The van der Waals surface area contributed by atoms with Crippen LogP contribution in [0.2, 0.25) is 0 Å². The number of phenolic OH excluding ortho intramolecular Hbond substituents is 1. The summed E-state index contributed by atoms with van der Waals surface area (Å²) < 4.78 is 0. The molecule has 5 rings (SSSR count). The van der Waals surface area contributed by atoms with Crippen LogP contribution >= 0.6 is 0 Å². The molecule has 0 spiro atoms. The maximum atomic E-state index is 12.8. The topological polar surface area (TPSA) is 75.1 Å². The predicted molar refractivity (Wildman–Crippen MR) is 116 cm³/mol. The van der Waals surface area contributed by atoms with E-state index in [9.17, 15) is 9.90 Å². The van der Waals surface area contributed by atoms with Crippen molar-refractivity contribution in [3.63, 3.8) is 0 Å². The number of aromatic hydroxyl groups is 1. The zero-order valence-corrected chi connectivity index (χ0v) is 16.2. The molecule has 3 aromatic carbocycles. The fourth-order valence-corrected chi connectivity index (χ4v) is 3.76. The Kier molecular flexibility index (Phi) is 4.48. The van der Waals surface area contributed by atoms with E-state index in [1.165, 1.54) is 0 Å². The van der Waals surface area contributed by atoms with Crippen molar-refractivity contribution < 1.29 is 9.90 Å². The van der Waals surface area contributed by atoms with Crippen LogP contribution in [0, 0.1) is 0 Å². The van der Waals surface area contributed by atoms with Gasteiger partial charge in [-0.15, -0.1) is 0 Å². The van der Waals surface area contributed by atoms with Gasteiger partial charge in [-0.2, -0.15) is 0 Å². The Balaban J connectivity index is 1.56. The van der Waals surface area contributed by atoms with Crippen LogP contribution in [0.1, 0.15) is 32.9 Å². The van der Waals surface area contributed by atoms with Gasteiger partial charge in [0, 0.05) is 24.0 Å². The fourth-order valence-electron chi connectivity index (χ4n) is 3.76. The predicted octanol–water partition coefficient (Wildman–Crippen LogP) is 4.60. The van der Waals surface area contributed by atoms with Crippen molar-refractivity contribution in [1.29, 1.82) is 0 Å². The molecule has 1 heterocycles. The number of rotatable bonds is 4. The molecule has 4 aromatic rings. The summed E-state index contributed by atoms with van der Waals surface area (Å²) in [6.45, 7) is 0. The second-order valence-electron chi connectivity index (χ2n) is 7.31. The molecule has 146 valence electrons. The van der Waals surface area contributed by atoms with Crippen molar-refractivity contribution in [3.8, 4) is 17.0 Å². The Bertz CT molecular complexity index is 1240. The van der Waals surface area contributed by atoms with Crippen molar-refractivity contribution in [2.75, 3.05) is 5.32 Å². The van der Waals surface area contributed by atoms with Gasteiger partial charge in [0.2, 0.25) is 0 Å². The van der Waals surface area contributed by atoms with E-state index in [0.29, 0.717) is 29.9 Å². The summed E-state index contributed by atoms with van der Waals surface area (Å²) in [7, 11) is 0. The van der Waals surface area contributed by atoms with Crippen LogP contribution in [0.5, 0.6) is 5.75 Å². The minimum Gasteiger partial charge on any atom is -0.508 e. The zero-order valence-electron chi connectivity index (χ0n) is 16.2. The average molecular weight is 393 g/mol. The van der Waals surface area contributed by atoms with Crippen LogP contribution in [0.3, 0.4) is 0 Å². The lowest BCUT2D eigenvalue weighted by Gasteiger charge is -2.12. The van der Waals surface area contributed by atoms with Crippen molar-refractivity contribution in [1.82, 2.24) is 9.97 Å². The van der Waals surface area contributed by atoms with Crippen LogP contribution in [-0.2, 0) is 12.8 Å². The van der Waals surface area contributed by atoms with Gasteiger partial charge in [-0.05, 0) is 41.5 Å². The summed E-state index contributed by atoms with van der Waals surface area (Å²) in [6.07, 6.45) is 1.13. The molecule has 30 heavy (non-hydrogen) atoms. The summed E-state index contributed by atoms with van der Waals surface area (Å²) in [5.41, 5.74) is 5.95. The van der Waals surface area contributed by atoms with E-state index in [-0.39, 0.29) is 11.7 Å². The fraction of sp³-hybridized carbons (Fsp3) is 0.0800. The third-order valence-electron chi connectivity index (χ3n) is 5.22. The minimum atomic E-state index is -0.215. The molecule has 0 fully saturated rings. The molecule has 0 bridgehead atoms. The Morgan fingerprint density at radius 3 is 2.43 bits per heavy atom. The summed E-state index contributed by atoms with van der Waals surface area (Å²) in [6, 6.07) is 24.4. The molecule has 1 aliphatic carbocycles. The maximum Gasteiger partial charge on any atom is 0.256 e. The molecule has 2 N–H and O–H groups in total. The van der Waals surface area contributed by atoms with Gasteiger partial charge in [0.25, 0.3) is 5.91 Å². The highest BCUT2D eigenvalue weighted by atomic mass is 16.3. The van der Waals surface area contributed by atoms with Crippen molar-refractivity contribution in [2.24, 2.45) is 0 Å². The van der Waals surface area contributed by atoms with Crippen molar-refractivity contribution >= 4 is 11.7 Å². The number of nitrogens with one attached hydrogen (secondary N) is 1. The lowest BCUT2D eigenvalue weighted by atomic mass is 10.1. The number of carbonyl (C=O) groups excluding carboxylic acids is 1. The summed E-state index contributed by atoms with van der Waals surface area (Å²) in [4.78, 5) is 22.5. The second-order valence-corrected chi connectivity index (χ2v) is 7.31. The first-order chi connectivity index (χ1) is 14.7. The number of hydrogen-bond acceptors (Lipinski definition) is 4. The number of fused-ring (bicyclic) bond motifs is 3. The SMILES string of the molecule is O=C(Nc1nc2c(nc1Cc1ccccc1)-c1ccc(O)cc1C2)c1ccccc1. The molecule has 0 aliphatic heterocycles. The second kappa shape index (κ2) is 7.44. The first-order valence-electron chi connectivity index (χ1n) is 9.80. The van der Waals surface area contributed by atoms with Gasteiger partial charge in [0.05, 0.1) is 17.1 Å². The Morgan fingerprint density at radius 2 is 1.67 bits per heavy atom. The monoisotopic (exact) mass is 393 g/mol. The van der Waals surface area contributed by atoms with Gasteiger partial charge < -0.3 is 10.4 Å². The number of carbonyl (C=O) groups is 1. The van der Waals surface area contributed by atoms with Gasteiger partial charge in [-0.25, -0.2) is 9.97 Å². The number of anilines is 1. The third kappa shape index (κ3) is 3.42. The number of aromatic nitrogens is 2. The highest BCUT2D eigenvalue weighted by molar-refractivity contribution is 6.04. The largest absolute Gasteiger partial charge is 0.508 e. The lowest BCUT2D eigenvalue weighted by Crippen LogP contribution is -2.16. The highest BCUT2D eigenvalue weighted by Crippen LogP contribution is 2.37. The van der Waals surface area contributed by atoms with Crippen LogP contribution < -0.4 is 5.32 Å². The van der Waals surface area contributed by atoms with E-state index in [0.717, 1.165) is 28.1 Å². The van der Waals surface area contributed by atoms with Crippen molar-refractivity contribution in [2.45, 2.75) is 12.8 Å². The summed E-state index contributed by atoms with van der Waals surface area (Å²) in [5, 5.41) is 12.8. The normalized spacial score (nSPS) is 11.6. The molecule has 1 aliphatic rings. The van der Waals surface area contributed by atoms with Crippen molar-refractivity contribution in [3.05, 3.63) is 107 Å². The summed E-state index contributed by atoms with van der Waals surface area (Å²) >= 11 is 0. The quantitative estimate of drug-likeness (QED) is 0.468. The number of phenols is 1. The van der Waals surface area contributed by atoms with Crippen LogP contribution in [0.15, 0.2) is 78.9 Å². The Morgan fingerprint density at radius 1 is 0.933 bits per heavy atom. The molecule has 0 unspecified atom stereocenters. The number of amides is 1. The van der Waals surface area contributed by atoms with Gasteiger partial charge in [0.15, 0.2) is 5.82 Å². The Hall–Kier alpha value is -3.99. The van der Waals surface area contributed by atoms with E-state index >= 15 is 0 Å². The molecule has 1 aromatic heterocycles.